The van der Waals surface area contributed by atoms with Crippen molar-refractivity contribution in [1.82, 2.24) is 5.32 Å². The van der Waals surface area contributed by atoms with Crippen molar-refractivity contribution >= 4 is 5.69 Å². The summed E-state index contributed by atoms with van der Waals surface area (Å²) in [6.45, 7) is 8.73. The summed E-state index contributed by atoms with van der Waals surface area (Å²) >= 11 is 0. The summed E-state index contributed by atoms with van der Waals surface area (Å²) < 4.78 is 0. The van der Waals surface area contributed by atoms with E-state index in [1.54, 1.807) is 0 Å². The van der Waals surface area contributed by atoms with E-state index in [2.05, 4.69) is 79.5 Å². The fourth-order valence-electron chi connectivity index (χ4n) is 3.14. The van der Waals surface area contributed by atoms with E-state index in [0.29, 0.717) is 12.1 Å². The van der Waals surface area contributed by atoms with Crippen molar-refractivity contribution in [2.24, 2.45) is 0 Å². The molecule has 0 bridgehead atoms. The first-order chi connectivity index (χ1) is 10.1. The second kappa shape index (κ2) is 5.90. The minimum absolute atomic E-state index is 0.405. The summed E-state index contributed by atoms with van der Waals surface area (Å²) in [5.74, 6) is 0. The molecule has 110 valence electrons. The molecule has 0 amide bonds. The molecule has 2 aromatic carbocycles. The van der Waals surface area contributed by atoms with E-state index in [1.165, 1.54) is 22.4 Å². The summed E-state index contributed by atoms with van der Waals surface area (Å²) in [5.41, 5.74) is 5.45. The van der Waals surface area contributed by atoms with Crippen molar-refractivity contribution < 1.29 is 0 Å². The van der Waals surface area contributed by atoms with Gasteiger partial charge in [0.1, 0.15) is 0 Å². The van der Waals surface area contributed by atoms with E-state index in [0.717, 1.165) is 13.1 Å². The predicted octanol–water partition coefficient (Wildman–Crippen LogP) is 3.84. The minimum Gasteiger partial charge on any atom is -0.365 e. The molecule has 2 aromatic rings. The molecular formula is C19H24N2. The van der Waals surface area contributed by atoms with Gasteiger partial charge >= 0.3 is 0 Å². The van der Waals surface area contributed by atoms with Gasteiger partial charge in [-0.1, -0.05) is 42.5 Å². The average molecular weight is 280 g/mol. The van der Waals surface area contributed by atoms with Gasteiger partial charge in [0.25, 0.3) is 0 Å². The van der Waals surface area contributed by atoms with Gasteiger partial charge in [0.05, 0.1) is 0 Å². The average Bonchev–Trinajstić information content (AvgIpc) is 2.51. The Morgan fingerprint density at radius 3 is 2.57 bits per heavy atom. The van der Waals surface area contributed by atoms with Crippen LogP contribution in [0.5, 0.6) is 0 Å². The molecule has 1 aliphatic heterocycles. The van der Waals surface area contributed by atoms with Crippen LogP contribution in [0.15, 0.2) is 48.5 Å². The highest BCUT2D eigenvalue weighted by molar-refractivity contribution is 5.56. The van der Waals surface area contributed by atoms with Crippen LogP contribution >= 0.6 is 0 Å². The Balaban J connectivity index is 1.89. The van der Waals surface area contributed by atoms with Gasteiger partial charge in [-0.2, -0.15) is 0 Å². The largest absolute Gasteiger partial charge is 0.365 e. The standard InChI is InChI=1S/C19H24N2/c1-14-9-10-15(2)19(11-14)21-13-18(20-12-16(21)3)17-7-5-4-6-8-17/h4-11,16,18,20H,12-13H2,1-3H3. The quantitative estimate of drug-likeness (QED) is 0.899. The first-order valence-electron chi connectivity index (χ1n) is 7.77. The molecule has 2 heteroatoms. The maximum absolute atomic E-state index is 3.68. The first-order valence-corrected chi connectivity index (χ1v) is 7.77. The number of piperazine rings is 1. The lowest BCUT2D eigenvalue weighted by Gasteiger charge is -2.41. The third-order valence-corrected chi connectivity index (χ3v) is 4.45. The Hall–Kier alpha value is -1.80. The van der Waals surface area contributed by atoms with E-state index in [9.17, 15) is 0 Å². The van der Waals surface area contributed by atoms with Crippen LogP contribution in [0.3, 0.4) is 0 Å². The first kappa shape index (κ1) is 14.2. The van der Waals surface area contributed by atoms with Crippen molar-refractivity contribution in [2.75, 3.05) is 18.0 Å². The highest BCUT2D eigenvalue weighted by Gasteiger charge is 2.26. The molecule has 1 fully saturated rings. The van der Waals surface area contributed by atoms with Crippen LogP contribution in [0, 0.1) is 13.8 Å². The van der Waals surface area contributed by atoms with E-state index in [-0.39, 0.29) is 0 Å². The third kappa shape index (κ3) is 2.96. The van der Waals surface area contributed by atoms with Gasteiger partial charge in [-0.25, -0.2) is 0 Å². The highest BCUT2D eigenvalue weighted by atomic mass is 15.2. The minimum atomic E-state index is 0.405. The molecular weight excluding hydrogens is 256 g/mol. The molecule has 1 aliphatic rings. The summed E-state index contributed by atoms with van der Waals surface area (Å²) in [7, 11) is 0. The molecule has 2 nitrogen and oxygen atoms in total. The molecule has 0 spiro atoms. The van der Waals surface area contributed by atoms with Crippen molar-refractivity contribution in [3.8, 4) is 0 Å². The Morgan fingerprint density at radius 1 is 1.05 bits per heavy atom. The number of rotatable bonds is 2. The van der Waals surface area contributed by atoms with Gasteiger partial charge in [0, 0.05) is 30.9 Å². The molecule has 2 unspecified atom stereocenters. The second-order valence-electron chi connectivity index (χ2n) is 6.16. The topological polar surface area (TPSA) is 15.3 Å². The van der Waals surface area contributed by atoms with Gasteiger partial charge < -0.3 is 10.2 Å². The molecule has 21 heavy (non-hydrogen) atoms. The highest BCUT2D eigenvalue weighted by Crippen LogP contribution is 2.28. The van der Waals surface area contributed by atoms with Gasteiger partial charge in [-0.15, -0.1) is 0 Å². The molecule has 2 atom stereocenters. The Morgan fingerprint density at radius 2 is 1.81 bits per heavy atom. The zero-order valence-corrected chi connectivity index (χ0v) is 13.1. The predicted molar refractivity (Wildman–Crippen MR) is 89.9 cm³/mol. The number of aryl methyl sites for hydroxylation is 2. The van der Waals surface area contributed by atoms with Crippen LogP contribution in [0.1, 0.15) is 29.7 Å². The summed E-state index contributed by atoms with van der Waals surface area (Å²) in [6.07, 6.45) is 0. The lowest BCUT2D eigenvalue weighted by Crippen LogP contribution is -2.51. The molecule has 3 rings (SSSR count). The monoisotopic (exact) mass is 280 g/mol. The fraction of sp³-hybridized carbons (Fsp3) is 0.368. The SMILES string of the molecule is Cc1ccc(C)c(N2CC(c3ccccc3)NCC2C)c1. The van der Waals surface area contributed by atoms with E-state index < -0.39 is 0 Å². The van der Waals surface area contributed by atoms with E-state index >= 15 is 0 Å². The van der Waals surface area contributed by atoms with Gasteiger partial charge in [0.2, 0.25) is 0 Å². The molecule has 1 N–H and O–H groups in total. The molecule has 0 saturated carbocycles. The maximum atomic E-state index is 3.68. The maximum Gasteiger partial charge on any atom is 0.0499 e. The molecule has 1 saturated heterocycles. The van der Waals surface area contributed by atoms with Crippen LogP contribution < -0.4 is 10.2 Å². The van der Waals surface area contributed by atoms with Crippen LogP contribution in [-0.2, 0) is 0 Å². The number of nitrogens with zero attached hydrogens (tertiary/aromatic N) is 1. The summed E-state index contributed by atoms with van der Waals surface area (Å²) in [4.78, 5) is 2.55. The van der Waals surface area contributed by atoms with Crippen LogP contribution in [0.2, 0.25) is 0 Å². The summed E-state index contributed by atoms with van der Waals surface area (Å²) in [5, 5.41) is 3.68. The Kier molecular flexibility index (Phi) is 3.98. The van der Waals surface area contributed by atoms with Crippen LogP contribution in [0.25, 0.3) is 0 Å². The van der Waals surface area contributed by atoms with Gasteiger partial charge in [-0.05, 0) is 43.5 Å². The lowest BCUT2D eigenvalue weighted by atomic mass is 10.00. The smallest absolute Gasteiger partial charge is 0.0499 e. The van der Waals surface area contributed by atoms with Gasteiger partial charge in [0.15, 0.2) is 0 Å². The Bertz CT molecular complexity index is 606. The number of nitrogens with one attached hydrogen (secondary N) is 1. The second-order valence-corrected chi connectivity index (χ2v) is 6.16. The molecule has 1 heterocycles. The van der Waals surface area contributed by atoms with Gasteiger partial charge in [-0.3, -0.25) is 0 Å². The lowest BCUT2D eigenvalue weighted by molar-refractivity contribution is 0.414. The number of benzene rings is 2. The number of anilines is 1. The Labute approximate surface area is 127 Å². The molecule has 0 aliphatic carbocycles. The number of hydrogen-bond donors (Lipinski definition) is 1. The number of hydrogen-bond acceptors (Lipinski definition) is 2. The van der Waals surface area contributed by atoms with Crippen molar-refractivity contribution in [3.63, 3.8) is 0 Å². The zero-order valence-electron chi connectivity index (χ0n) is 13.1. The van der Waals surface area contributed by atoms with Crippen molar-refractivity contribution in [1.29, 1.82) is 0 Å². The normalized spacial score (nSPS) is 22.3. The van der Waals surface area contributed by atoms with Crippen LogP contribution in [-0.4, -0.2) is 19.1 Å². The third-order valence-electron chi connectivity index (χ3n) is 4.45. The van der Waals surface area contributed by atoms with E-state index in [1.807, 2.05) is 0 Å². The molecule has 0 radical (unpaired) electrons. The fourth-order valence-corrected chi connectivity index (χ4v) is 3.14. The van der Waals surface area contributed by atoms with Crippen LogP contribution in [0.4, 0.5) is 5.69 Å². The zero-order chi connectivity index (χ0) is 14.8. The van der Waals surface area contributed by atoms with Crippen molar-refractivity contribution in [3.05, 3.63) is 65.2 Å². The van der Waals surface area contributed by atoms with E-state index in [4.69, 9.17) is 0 Å². The van der Waals surface area contributed by atoms with Crippen molar-refractivity contribution in [2.45, 2.75) is 32.9 Å². The molecule has 0 aromatic heterocycles. The summed E-state index contributed by atoms with van der Waals surface area (Å²) in [6, 6.07) is 18.4.